The molecule has 0 bridgehead atoms. The fraction of sp³-hybridized carbons (Fsp3) is 0.786. The third kappa shape index (κ3) is 4.57. The summed E-state index contributed by atoms with van der Waals surface area (Å²) >= 11 is 3.19. The van der Waals surface area contributed by atoms with Gasteiger partial charge in [0.2, 0.25) is 0 Å². The zero-order valence-electron chi connectivity index (χ0n) is 24.7. The van der Waals surface area contributed by atoms with E-state index in [1.54, 1.807) is 5.19 Å². The monoisotopic (exact) mass is 602 g/mol. The first-order chi connectivity index (χ1) is 13.7. The van der Waals surface area contributed by atoms with E-state index in [1.165, 1.54) is 5.56 Å². The Bertz CT molecular complexity index is 722. The van der Waals surface area contributed by atoms with Crippen molar-refractivity contribution in [2.45, 2.75) is 143 Å². The second-order valence-electron chi connectivity index (χ2n) is 15.7. The fourth-order valence-corrected chi connectivity index (χ4v) is 90.6. The smallest absolute Gasteiger partial charge is 0.120 e. The molecule has 186 valence electrons. The molecule has 0 heterocycles. The molecule has 0 unspecified atom stereocenters. The SMILES string of the molecule is CC(C)(C)c1ccc([Si](I)([Si](C)(C(C)(C)C)C(C)(C)C)[Si](C)(C(C)(C)C)C(C)(C)C)cc1. The van der Waals surface area contributed by atoms with Gasteiger partial charge in [0.05, 0.1) is 15.2 Å². The summed E-state index contributed by atoms with van der Waals surface area (Å²) in [6.45, 7) is 43.6. The van der Waals surface area contributed by atoms with E-state index in [0.29, 0.717) is 20.2 Å². The van der Waals surface area contributed by atoms with Gasteiger partial charge in [0.25, 0.3) is 0 Å². The summed E-state index contributed by atoms with van der Waals surface area (Å²) in [5.41, 5.74) is 1.65. The minimum absolute atomic E-state index is 0.192. The Balaban J connectivity index is 4.33. The average Bonchev–Trinajstić information content (AvgIpc) is 2.54. The van der Waals surface area contributed by atoms with E-state index in [4.69, 9.17) is 0 Å². The minimum atomic E-state index is -2.01. The van der Waals surface area contributed by atoms with E-state index in [0.717, 1.165) is 0 Å². The molecule has 0 radical (unpaired) electrons. The van der Waals surface area contributed by atoms with Crippen molar-refractivity contribution in [3.05, 3.63) is 29.8 Å². The number of hydrogen-bond acceptors (Lipinski definition) is 0. The van der Waals surface area contributed by atoms with Crippen LogP contribution in [0.2, 0.25) is 33.2 Å². The van der Waals surface area contributed by atoms with Crippen LogP contribution in [0.3, 0.4) is 0 Å². The van der Waals surface area contributed by atoms with Crippen LogP contribution in [-0.4, -0.2) is 19.8 Å². The van der Waals surface area contributed by atoms with Crippen molar-refractivity contribution in [2.24, 2.45) is 0 Å². The molecule has 0 aliphatic rings. The Labute approximate surface area is 218 Å². The van der Waals surface area contributed by atoms with Gasteiger partial charge < -0.3 is 0 Å². The number of halogens is 1. The molecule has 0 aliphatic heterocycles. The van der Waals surface area contributed by atoms with E-state index < -0.39 is 19.8 Å². The lowest BCUT2D eigenvalue weighted by molar-refractivity contribution is 0.590. The highest BCUT2D eigenvalue weighted by Crippen LogP contribution is 2.66. The molecule has 0 aromatic heterocycles. The summed E-state index contributed by atoms with van der Waals surface area (Å²) in [6.07, 6.45) is 0. The van der Waals surface area contributed by atoms with E-state index in [-0.39, 0.29) is 5.41 Å². The van der Waals surface area contributed by atoms with Crippen LogP contribution in [0, 0.1) is 0 Å². The predicted molar refractivity (Wildman–Crippen MR) is 167 cm³/mol. The lowest BCUT2D eigenvalue weighted by atomic mass is 9.87. The second-order valence-corrected chi connectivity index (χ2v) is 51.1. The maximum Gasteiger partial charge on any atom is 0.141 e. The highest BCUT2D eigenvalue weighted by Gasteiger charge is 2.74. The summed E-state index contributed by atoms with van der Waals surface area (Å²) in [4.78, 5) is 0. The van der Waals surface area contributed by atoms with Crippen molar-refractivity contribution in [2.75, 3.05) is 0 Å². The maximum absolute atomic E-state index is 3.19. The number of hydrogen-bond donors (Lipinski definition) is 0. The maximum atomic E-state index is 3.19. The van der Waals surface area contributed by atoms with Crippen LogP contribution in [0.15, 0.2) is 24.3 Å². The van der Waals surface area contributed by atoms with Gasteiger partial charge in [-0.15, -0.1) is 21.8 Å². The predicted octanol–water partition coefficient (Wildman–Crippen LogP) is 10.1. The van der Waals surface area contributed by atoms with Crippen LogP contribution in [0.1, 0.15) is 109 Å². The van der Waals surface area contributed by atoms with Gasteiger partial charge in [-0.1, -0.05) is 146 Å². The Morgan fingerprint density at radius 3 is 0.938 bits per heavy atom. The van der Waals surface area contributed by atoms with Gasteiger partial charge in [-0.2, -0.15) is 0 Å². The first kappa shape index (κ1) is 30.6. The van der Waals surface area contributed by atoms with Gasteiger partial charge in [0.15, 0.2) is 0 Å². The van der Waals surface area contributed by atoms with Gasteiger partial charge in [-0.25, -0.2) is 0 Å². The molecule has 0 saturated carbocycles. The van der Waals surface area contributed by atoms with Crippen molar-refractivity contribution in [3.8, 4) is 0 Å². The van der Waals surface area contributed by atoms with Crippen LogP contribution in [0.25, 0.3) is 0 Å². The summed E-state index contributed by atoms with van der Waals surface area (Å²) < 4.78 is -2.01. The van der Waals surface area contributed by atoms with Crippen LogP contribution in [0.5, 0.6) is 0 Å². The van der Waals surface area contributed by atoms with Crippen LogP contribution in [-0.2, 0) is 5.41 Å². The molecule has 1 rings (SSSR count). The Hall–Kier alpha value is 0.601. The van der Waals surface area contributed by atoms with E-state index >= 15 is 0 Å². The molecule has 4 heteroatoms. The van der Waals surface area contributed by atoms with E-state index in [2.05, 4.69) is 163 Å². The van der Waals surface area contributed by atoms with Gasteiger partial charge in [0.1, 0.15) is 4.61 Å². The molecule has 0 saturated heterocycles. The fourth-order valence-electron chi connectivity index (χ4n) is 6.59. The topological polar surface area (TPSA) is 0 Å². The average molecular weight is 603 g/mol. The molecule has 32 heavy (non-hydrogen) atoms. The Morgan fingerprint density at radius 2 is 0.750 bits per heavy atom. The van der Waals surface area contributed by atoms with Gasteiger partial charge in [0, 0.05) is 0 Å². The van der Waals surface area contributed by atoms with E-state index in [9.17, 15) is 0 Å². The first-order valence-corrected chi connectivity index (χ1v) is 24.6. The van der Waals surface area contributed by atoms with Gasteiger partial charge >= 0.3 is 0 Å². The molecule has 0 amide bonds. The third-order valence-electron chi connectivity index (χ3n) is 9.53. The number of rotatable bonds is 3. The quantitative estimate of drug-likeness (QED) is 0.183. The summed E-state index contributed by atoms with van der Waals surface area (Å²) in [6, 6.07) is 10.1. The number of benzene rings is 1. The molecular formula is C28H55ISi3. The molecule has 0 spiro atoms. The normalized spacial score (nSPS) is 15.8. The van der Waals surface area contributed by atoms with Crippen LogP contribution >= 0.6 is 21.8 Å². The second kappa shape index (κ2) is 8.62. The van der Waals surface area contributed by atoms with Gasteiger partial charge in [-0.3, -0.25) is 0 Å². The molecule has 0 N–H and O–H groups in total. The molecular weight excluding hydrogens is 547 g/mol. The highest BCUT2D eigenvalue weighted by atomic mass is 127. The van der Waals surface area contributed by atoms with Gasteiger partial charge in [-0.05, 0) is 31.1 Å². The molecule has 0 nitrogen and oxygen atoms in total. The lowest BCUT2D eigenvalue weighted by Crippen LogP contribution is -2.86. The summed E-state index contributed by atoms with van der Waals surface area (Å²) in [7, 11) is -3.76. The van der Waals surface area contributed by atoms with Crippen molar-refractivity contribution in [1.82, 2.24) is 0 Å². The summed E-state index contributed by atoms with van der Waals surface area (Å²) in [5, 5.41) is 3.03. The van der Waals surface area contributed by atoms with Crippen molar-refractivity contribution in [3.63, 3.8) is 0 Å². The zero-order valence-corrected chi connectivity index (χ0v) is 29.8. The zero-order chi connectivity index (χ0) is 26.0. The molecule has 1 aromatic carbocycles. The first-order valence-electron chi connectivity index (χ1n) is 12.5. The van der Waals surface area contributed by atoms with E-state index in [1.807, 2.05) is 0 Å². The molecule has 1 aromatic rings. The highest BCUT2D eigenvalue weighted by molar-refractivity contribution is 14.1. The lowest BCUT2D eigenvalue weighted by Gasteiger charge is -2.68. The summed E-state index contributed by atoms with van der Waals surface area (Å²) in [5.74, 6) is 0. The third-order valence-corrected chi connectivity index (χ3v) is 74.7. The van der Waals surface area contributed by atoms with Crippen molar-refractivity contribution >= 4 is 46.8 Å². The molecule has 0 aliphatic carbocycles. The van der Waals surface area contributed by atoms with Crippen molar-refractivity contribution < 1.29 is 0 Å². The Kier molecular flexibility index (Phi) is 8.25. The molecule has 0 atom stereocenters. The van der Waals surface area contributed by atoms with Crippen molar-refractivity contribution in [1.29, 1.82) is 0 Å². The van der Waals surface area contributed by atoms with Crippen LogP contribution in [0.4, 0.5) is 0 Å². The minimum Gasteiger partial charge on any atom is -0.120 e. The largest absolute Gasteiger partial charge is 0.141 e. The van der Waals surface area contributed by atoms with Crippen LogP contribution < -0.4 is 5.19 Å². The molecule has 0 fully saturated rings. The standard InChI is InChI=1S/C28H55ISi3/c1-24(2,3)22-18-20-23(21-19-22)32(29,30(16,25(4,5)6)26(7,8)9)31(17,27(10,11)12)28(13,14)15/h18-21H,1-17H3. The Morgan fingerprint density at radius 1 is 0.500 bits per heavy atom.